The molecule has 2 rings (SSSR count). The van der Waals surface area contributed by atoms with Crippen LogP contribution in [0.3, 0.4) is 0 Å². The lowest BCUT2D eigenvalue weighted by atomic mass is 10.0. The van der Waals surface area contributed by atoms with Gasteiger partial charge < -0.3 is 10.2 Å². The monoisotopic (exact) mass is 401 g/mol. The standard InChI is InChI=1S/C22H28ClN3O2/c1-5-25(4)20(16-11-9-8-10-12-16)21(27)24-17-13-14-18(19(23)15-17)22(28)26(6-2)7-3/h8-15,20H,5-7H2,1-4H3,(H,24,27). The van der Waals surface area contributed by atoms with Crippen molar-refractivity contribution in [1.82, 2.24) is 9.80 Å². The number of carbonyl (C=O) groups excluding carboxylic acids is 2. The van der Waals surface area contributed by atoms with E-state index < -0.39 is 6.04 Å². The van der Waals surface area contributed by atoms with Crippen molar-refractivity contribution in [3.05, 3.63) is 64.7 Å². The van der Waals surface area contributed by atoms with Crippen molar-refractivity contribution in [2.45, 2.75) is 26.8 Å². The summed E-state index contributed by atoms with van der Waals surface area (Å²) in [6.07, 6.45) is 0. The number of likely N-dealkylation sites (N-methyl/N-ethyl adjacent to an activating group) is 1. The van der Waals surface area contributed by atoms with Gasteiger partial charge in [0.1, 0.15) is 6.04 Å². The van der Waals surface area contributed by atoms with Crippen LogP contribution in [-0.2, 0) is 4.79 Å². The molecule has 0 aliphatic rings. The molecule has 0 saturated heterocycles. The lowest BCUT2D eigenvalue weighted by Gasteiger charge is -2.26. The normalized spacial score (nSPS) is 11.9. The van der Waals surface area contributed by atoms with Crippen LogP contribution >= 0.6 is 11.6 Å². The third-order valence-corrected chi connectivity index (χ3v) is 5.13. The maximum absolute atomic E-state index is 13.0. The second-order valence-corrected chi connectivity index (χ2v) is 6.95. The third-order valence-electron chi connectivity index (χ3n) is 4.82. The van der Waals surface area contributed by atoms with E-state index in [-0.39, 0.29) is 11.8 Å². The van der Waals surface area contributed by atoms with Crippen molar-refractivity contribution in [3.8, 4) is 0 Å². The van der Waals surface area contributed by atoms with E-state index in [1.54, 1.807) is 23.1 Å². The molecule has 0 saturated carbocycles. The number of hydrogen-bond donors (Lipinski definition) is 1. The summed E-state index contributed by atoms with van der Waals surface area (Å²) in [6, 6.07) is 14.2. The Morgan fingerprint density at radius 1 is 1.00 bits per heavy atom. The van der Waals surface area contributed by atoms with Crippen LogP contribution < -0.4 is 5.32 Å². The van der Waals surface area contributed by atoms with Gasteiger partial charge in [0.05, 0.1) is 10.6 Å². The summed E-state index contributed by atoms with van der Waals surface area (Å²) in [7, 11) is 1.91. The van der Waals surface area contributed by atoms with Crippen molar-refractivity contribution in [3.63, 3.8) is 0 Å². The third kappa shape index (κ3) is 5.12. The molecular formula is C22H28ClN3O2. The van der Waals surface area contributed by atoms with Gasteiger partial charge in [-0.3, -0.25) is 14.5 Å². The molecule has 5 nitrogen and oxygen atoms in total. The molecule has 2 amide bonds. The van der Waals surface area contributed by atoms with Crippen LogP contribution in [0.25, 0.3) is 0 Å². The molecule has 0 fully saturated rings. The number of nitrogens with zero attached hydrogens (tertiary/aromatic N) is 2. The number of halogens is 1. The Balaban J connectivity index is 2.23. The number of nitrogens with one attached hydrogen (secondary N) is 1. The van der Waals surface area contributed by atoms with Crippen molar-refractivity contribution < 1.29 is 9.59 Å². The molecule has 0 aromatic heterocycles. The molecule has 1 atom stereocenters. The molecule has 28 heavy (non-hydrogen) atoms. The largest absolute Gasteiger partial charge is 0.339 e. The zero-order valence-electron chi connectivity index (χ0n) is 16.9. The fourth-order valence-electron chi connectivity index (χ4n) is 3.08. The lowest BCUT2D eigenvalue weighted by Crippen LogP contribution is -2.34. The second kappa shape index (κ2) is 10.2. The highest BCUT2D eigenvalue weighted by atomic mass is 35.5. The number of hydrogen-bond acceptors (Lipinski definition) is 3. The SMILES string of the molecule is CCN(CC)C(=O)c1ccc(NC(=O)C(c2ccccc2)N(C)CC)cc1Cl. The van der Waals surface area contributed by atoms with Crippen LogP contribution in [0.4, 0.5) is 5.69 Å². The second-order valence-electron chi connectivity index (χ2n) is 6.55. The lowest BCUT2D eigenvalue weighted by molar-refractivity contribution is -0.121. The Bertz CT molecular complexity index is 807. The molecule has 0 bridgehead atoms. The molecular weight excluding hydrogens is 374 g/mol. The van der Waals surface area contributed by atoms with Crippen LogP contribution in [0.1, 0.15) is 42.7 Å². The summed E-state index contributed by atoms with van der Waals surface area (Å²) < 4.78 is 0. The van der Waals surface area contributed by atoms with E-state index in [9.17, 15) is 9.59 Å². The smallest absolute Gasteiger partial charge is 0.255 e. The maximum Gasteiger partial charge on any atom is 0.255 e. The Kier molecular flexibility index (Phi) is 8.03. The Labute approximate surface area is 172 Å². The molecule has 0 spiro atoms. The van der Waals surface area contributed by atoms with Gasteiger partial charge in [0, 0.05) is 18.8 Å². The summed E-state index contributed by atoms with van der Waals surface area (Å²) in [6.45, 7) is 7.83. The minimum absolute atomic E-state index is 0.110. The summed E-state index contributed by atoms with van der Waals surface area (Å²) in [4.78, 5) is 29.2. The van der Waals surface area contributed by atoms with Crippen molar-refractivity contribution >= 4 is 29.1 Å². The maximum atomic E-state index is 13.0. The molecule has 0 aliphatic heterocycles. The van der Waals surface area contributed by atoms with Gasteiger partial charge in [0.2, 0.25) is 5.91 Å². The van der Waals surface area contributed by atoms with Crippen LogP contribution in [0.2, 0.25) is 5.02 Å². The predicted octanol–water partition coefficient (Wildman–Crippen LogP) is 4.45. The predicted molar refractivity (Wildman–Crippen MR) is 115 cm³/mol. The van der Waals surface area contributed by atoms with E-state index in [0.29, 0.717) is 29.4 Å². The quantitative estimate of drug-likeness (QED) is 0.710. The molecule has 2 aromatic carbocycles. The molecule has 0 radical (unpaired) electrons. The molecule has 0 aliphatic carbocycles. The number of carbonyl (C=O) groups is 2. The Morgan fingerprint density at radius 3 is 2.18 bits per heavy atom. The zero-order valence-corrected chi connectivity index (χ0v) is 17.7. The molecule has 2 aromatic rings. The van der Waals surface area contributed by atoms with E-state index in [2.05, 4.69) is 5.32 Å². The van der Waals surface area contributed by atoms with Gasteiger partial charge in [-0.25, -0.2) is 0 Å². The average molecular weight is 402 g/mol. The molecule has 150 valence electrons. The molecule has 1 N–H and O–H groups in total. The van der Waals surface area contributed by atoms with E-state index in [0.717, 1.165) is 12.1 Å². The van der Waals surface area contributed by atoms with Crippen LogP contribution in [-0.4, -0.2) is 48.3 Å². The van der Waals surface area contributed by atoms with E-state index in [4.69, 9.17) is 11.6 Å². The number of anilines is 1. The van der Waals surface area contributed by atoms with Crippen LogP contribution in [0.5, 0.6) is 0 Å². The number of amides is 2. The van der Waals surface area contributed by atoms with Crippen molar-refractivity contribution in [2.75, 3.05) is 32.0 Å². The van der Waals surface area contributed by atoms with Gasteiger partial charge in [0.25, 0.3) is 5.91 Å². The highest BCUT2D eigenvalue weighted by Gasteiger charge is 2.24. The first-order valence-corrected chi connectivity index (χ1v) is 9.95. The van der Waals surface area contributed by atoms with Gasteiger partial charge >= 0.3 is 0 Å². The van der Waals surface area contributed by atoms with Gasteiger partial charge in [-0.15, -0.1) is 0 Å². The highest BCUT2D eigenvalue weighted by Crippen LogP contribution is 2.25. The van der Waals surface area contributed by atoms with Crippen molar-refractivity contribution in [1.29, 1.82) is 0 Å². The van der Waals surface area contributed by atoms with Crippen molar-refractivity contribution in [2.24, 2.45) is 0 Å². The van der Waals surface area contributed by atoms with E-state index in [1.807, 2.05) is 63.1 Å². The van der Waals surface area contributed by atoms with Gasteiger partial charge in [-0.05, 0) is 51.2 Å². The first-order valence-electron chi connectivity index (χ1n) is 9.57. The Hall–Kier alpha value is -2.37. The number of rotatable bonds is 8. The fourth-order valence-corrected chi connectivity index (χ4v) is 3.34. The topological polar surface area (TPSA) is 52.7 Å². The van der Waals surface area contributed by atoms with Gasteiger partial charge in [0.15, 0.2) is 0 Å². The zero-order chi connectivity index (χ0) is 20.7. The first kappa shape index (κ1) is 21.9. The summed E-state index contributed by atoms with van der Waals surface area (Å²) in [5, 5.41) is 3.26. The molecule has 6 heteroatoms. The van der Waals surface area contributed by atoms with Crippen LogP contribution in [0.15, 0.2) is 48.5 Å². The minimum atomic E-state index is -0.415. The van der Waals surface area contributed by atoms with Gasteiger partial charge in [-0.1, -0.05) is 48.9 Å². The van der Waals surface area contributed by atoms with Crippen LogP contribution in [0, 0.1) is 0 Å². The summed E-state index contributed by atoms with van der Waals surface area (Å²) in [5.74, 6) is -0.254. The fraction of sp³-hybridized carbons (Fsp3) is 0.364. The summed E-state index contributed by atoms with van der Waals surface area (Å²) in [5.41, 5.74) is 1.92. The summed E-state index contributed by atoms with van der Waals surface area (Å²) >= 11 is 6.34. The highest BCUT2D eigenvalue weighted by molar-refractivity contribution is 6.34. The molecule has 1 unspecified atom stereocenters. The Morgan fingerprint density at radius 2 is 1.64 bits per heavy atom. The van der Waals surface area contributed by atoms with Gasteiger partial charge in [-0.2, -0.15) is 0 Å². The first-order chi connectivity index (χ1) is 13.4. The van der Waals surface area contributed by atoms with E-state index in [1.165, 1.54) is 0 Å². The minimum Gasteiger partial charge on any atom is -0.339 e. The number of benzene rings is 2. The molecule has 0 heterocycles. The average Bonchev–Trinajstić information content (AvgIpc) is 2.69. The van der Waals surface area contributed by atoms with E-state index >= 15 is 0 Å².